The number of aryl methyl sites for hydroxylation is 1. The summed E-state index contributed by atoms with van der Waals surface area (Å²) in [5.41, 5.74) is 2.27. The molecule has 14 heteroatoms. The summed E-state index contributed by atoms with van der Waals surface area (Å²) in [7, 11) is 4.54. The Morgan fingerprint density at radius 1 is 1.22 bits per heavy atom. The third kappa shape index (κ3) is 5.96. The van der Waals surface area contributed by atoms with Gasteiger partial charge in [0.1, 0.15) is 16.3 Å². The van der Waals surface area contributed by atoms with Crippen LogP contribution in [0.25, 0.3) is 5.69 Å². The van der Waals surface area contributed by atoms with Crippen LogP contribution < -0.4 is 20.1 Å². The number of anilines is 2. The van der Waals surface area contributed by atoms with Gasteiger partial charge in [0.2, 0.25) is 11.8 Å². The first-order valence-corrected chi connectivity index (χ1v) is 15.2. The van der Waals surface area contributed by atoms with Gasteiger partial charge in [-0.05, 0) is 44.7 Å². The highest BCUT2D eigenvalue weighted by molar-refractivity contribution is 6.30. The lowest BCUT2D eigenvalue weighted by Crippen LogP contribution is -2.35. The molecule has 2 unspecified atom stereocenters. The molecule has 12 nitrogen and oxygen atoms in total. The van der Waals surface area contributed by atoms with Crippen molar-refractivity contribution < 1.29 is 19.1 Å². The van der Waals surface area contributed by atoms with Crippen LogP contribution in [0.1, 0.15) is 74.7 Å². The lowest BCUT2D eigenvalue weighted by Gasteiger charge is -2.30. The van der Waals surface area contributed by atoms with Gasteiger partial charge in [-0.1, -0.05) is 43.7 Å². The average Bonchev–Trinajstić information content (AvgIpc) is 3.49. The second-order valence-corrected chi connectivity index (χ2v) is 13.1. The second kappa shape index (κ2) is 12.0. The van der Waals surface area contributed by atoms with Gasteiger partial charge in [-0.15, -0.1) is 11.6 Å². The van der Waals surface area contributed by atoms with E-state index in [1.807, 2.05) is 32.1 Å². The lowest BCUT2D eigenvalue weighted by atomic mass is 9.91. The van der Waals surface area contributed by atoms with Crippen molar-refractivity contribution in [3.05, 3.63) is 74.6 Å². The van der Waals surface area contributed by atoms with E-state index in [2.05, 4.69) is 9.97 Å². The molecule has 5 rings (SSSR count). The quantitative estimate of drug-likeness (QED) is 0.309. The van der Waals surface area contributed by atoms with E-state index < -0.39 is 17.7 Å². The molecule has 2 amide bonds. The van der Waals surface area contributed by atoms with Gasteiger partial charge in [-0.3, -0.25) is 14.5 Å². The average molecular weight is 657 g/mol. The third-order valence-electron chi connectivity index (χ3n) is 7.37. The maximum atomic E-state index is 14.3. The summed E-state index contributed by atoms with van der Waals surface area (Å²) in [6.45, 7) is 9.30. The minimum atomic E-state index is -0.707. The number of rotatable bonds is 6. The van der Waals surface area contributed by atoms with E-state index in [0.717, 1.165) is 11.3 Å². The summed E-state index contributed by atoms with van der Waals surface area (Å²) < 4.78 is 14.1. The van der Waals surface area contributed by atoms with Crippen LogP contribution in [0.4, 0.5) is 16.4 Å². The molecular formula is C31H35Cl2N7O5. The van der Waals surface area contributed by atoms with Gasteiger partial charge in [0, 0.05) is 25.9 Å². The predicted octanol–water partition coefficient (Wildman–Crippen LogP) is 5.71. The number of alkyl halides is 1. The number of hydrogen-bond acceptors (Lipinski definition) is 8. The number of allylic oxidation sites excluding steroid dienone is 2. The Balaban J connectivity index is 1.67. The Kier molecular flexibility index (Phi) is 8.58. The van der Waals surface area contributed by atoms with Crippen molar-refractivity contribution in [2.45, 2.75) is 64.0 Å². The molecule has 238 valence electrons. The van der Waals surface area contributed by atoms with E-state index in [-0.39, 0.29) is 45.3 Å². The van der Waals surface area contributed by atoms with Crippen molar-refractivity contribution in [1.29, 1.82) is 0 Å². The fraction of sp³-hybridized carbons (Fsp3) is 0.419. The number of aromatic nitrogens is 5. The van der Waals surface area contributed by atoms with Gasteiger partial charge < -0.3 is 14.0 Å². The van der Waals surface area contributed by atoms with E-state index >= 15 is 0 Å². The number of ether oxygens (including phenoxy) is 2. The molecule has 2 aliphatic rings. The Labute approximate surface area is 270 Å². The van der Waals surface area contributed by atoms with Gasteiger partial charge in [-0.25, -0.2) is 19.4 Å². The molecule has 0 saturated carbocycles. The molecule has 0 fully saturated rings. The first-order valence-electron chi connectivity index (χ1n) is 14.4. The summed E-state index contributed by atoms with van der Waals surface area (Å²) in [5.74, 6) is -0.279. The molecule has 4 heterocycles. The van der Waals surface area contributed by atoms with Gasteiger partial charge in [0.25, 0.3) is 11.5 Å². The maximum absolute atomic E-state index is 14.3. The number of hydrogen-bond donors (Lipinski definition) is 0. The number of carbonyl (C=O) groups is 2. The Hall–Kier alpha value is -4.16. The van der Waals surface area contributed by atoms with Crippen LogP contribution >= 0.6 is 23.2 Å². The zero-order valence-corrected chi connectivity index (χ0v) is 27.8. The van der Waals surface area contributed by atoms with E-state index in [9.17, 15) is 14.4 Å². The highest BCUT2D eigenvalue weighted by Gasteiger charge is 2.46. The van der Waals surface area contributed by atoms with Crippen molar-refractivity contribution in [1.82, 2.24) is 24.3 Å². The van der Waals surface area contributed by atoms with E-state index in [0.29, 0.717) is 23.4 Å². The van der Waals surface area contributed by atoms with Crippen LogP contribution in [-0.4, -0.2) is 61.5 Å². The zero-order chi connectivity index (χ0) is 33.0. The summed E-state index contributed by atoms with van der Waals surface area (Å²) >= 11 is 12.7. The second-order valence-electron chi connectivity index (χ2n) is 12.2. The van der Waals surface area contributed by atoms with E-state index in [1.54, 1.807) is 43.6 Å². The van der Waals surface area contributed by atoms with Crippen molar-refractivity contribution in [3.63, 3.8) is 0 Å². The first kappa shape index (κ1) is 32.2. The highest BCUT2D eigenvalue weighted by Crippen LogP contribution is 2.47. The van der Waals surface area contributed by atoms with Crippen molar-refractivity contribution in [2.75, 3.05) is 24.0 Å². The lowest BCUT2D eigenvalue weighted by molar-refractivity contribution is 0.0587. The van der Waals surface area contributed by atoms with Gasteiger partial charge >= 0.3 is 6.09 Å². The number of methoxy groups -OCH3 is 1. The molecule has 3 aromatic heterocycles. The molecule has 2 atom stereocenters. The maximum Gasteiger partial charge on any atom is 0.416 e. The smallest absolute Gasteiger partial charge is 0.416 e. The molecular weight excluding hydrogens is 621 g/mol. The van der Waals surface area contributed by atoms with E-state index in [1.165, 1.54) is 35.9 Å². The molecule has 0 saturated heterocycles. The Bertz CT molecular complexity index is 1780. The normalized spacial score (nSPS) is 17.9. The summed E-state index contributed by atoms with van der Waals surface area (Å²) in [6, 6.07) is 0.912. The number of carbonyl (C=O) groups excluding carboxylic acids is 2. The van der Waals surface area contributed by atoms with E-state index in [4.69, 9.17) is 37.8 Å². The van der Waals surface area contributed by atoms with Gasteiger partial charge in [0.15, 0.2) is 5.69 Å². The topological polar surface area (TPSA) is 125 Å². The fourth-order valence-corrected chi connectivity index (χ4v) is 5.78. The molecule has 3 aromatic rings. The molecule has 45 heavy (non-hydrogen) atoms. The molecule has 0 spiro atoms. The molecule has 0 bridgehead atoms. The van der Waals surface area contributed by atoms with Crippen LogP contribution in [0.3, 0.4) is 0 Å². The molecule has 1 aliphatic heterocycles. The zero-order valence-electron chi connectivity index (χ0n) is 26.3. The number of amides is 2. The van der Waals surface area contributed by atoms with Crippen LogP contribution in [0, 0.1) is 0 Å². The van der Waals surface area contributed by atoms with Gasteiger partial charge in [-0.2, -0.15) is 10.1 Å². The minimum Gasteiger partial charge on any atom is -0.479 e. The van der Waals surface area contributed by atoms with Gasteiger partial charge in [0.05, 0.1) is 36.1 Å². The largest absolute Gasteiger partial charge is 0.479 e. The molecule has 0 aromatic carbocycles. The first-order chi connectivity index (χ1) is 21.1. The number of halogens is 2. The predicted molar refractivity (Wildman–Crippen MR) is 172 cm³/mol. The summed E-state index contributed by atoms with van der Waals surface area (Å²) in [4.78, 5) is 51.0. The highest BCUT2D eigenvalue weighted by atomic mass is 35.5. The SMILES string of the molecule is COc1nc(N(C)C(=O)OC(C)(C)C)ncc1-n1nc2c(c1C(C)C)C(C1=CCC(Cl)C=C1)N(c1cc(Cl)c(=O)n(C)c1)C2=O. The number of fused-ring (bicyclic) bond motifs is 1. The van der Waals surface area contributed by atoms with Crippen LogP contribution in [0.2, 0.25) is 5.02 Å². The molecule has 0 N–H and O–H groups in total. The third-order valence-corrected chi connectivity index (χ3v) is 7.96. The fourth-order valence-electron chi connectivity index (χ4n) is 5.37. The minimum absolute atomic E-state index is 0.00690. The van der Waals surface area contributed by atoms with Crippen molar-refractivity contribution in [3.8, 4) is 11.6 Å². The van der Waals surface area contributed by atoms with Crippen molar-refractivity contribution >= 4 is 46.8 Å². The molecule has 1 aliphatic carbocycles. The number of pyridine rings is 1. The Morgan fingerprint density at radius 2 is 1.93 bits per heavy atom. The standard InChI is InChI=1S/C31H35Cl2N7O5/c1-16(2)24-22-23(36-40(24)21-14-34-29(35-26(21)44-8)38(7)30(43)45-31(3,4)5)28(42)39(19-13-20(33)27(41)37(6)15-19)25(22)17-9-11-18(32)12-10-17/h9-11,13-16,18,25H,12H2,1-8H3. The van der Waals surface area contributed by atoms with Crippen LogP contribution in [0.5, 0.6) is 5.88 Å². The van der Waals surface area contributed by atoms with Crippen molar-refractivity contribution in [2.24, 2.45) is 7.05 Å². The molecule has 0 radical (unpaired) electrons. The Morgan fingerprint density at radius 3 is 2.51 bits per heavy atom. The summed E-state index contributed by atoms with van der Waals surface area (Å²) in [6.07, 6.45) is 8.85. The summed E-state index contributed by atoms with van der Waals surface area (Å²) in [5, 5.41) is 4.63. The van der Waals surface area contributed by atoms with Crippen LogP contribution in [-0.2, 0) is 11.8 Å². The van der Waals surface area contributed by atoms with Crippen LogP contribution in [0.15, 0.2) is 47.1 Å². The number of nitrogens with zero attached hydrogens (tertiary/aromatic N) is 7. The monoisotopic (exact) mass is 655 g/mol.